The van der Waals surface area contributed by atoms with Gasteiger partial charge in [-0.05, 0) is 29.8 Å². The number of esters is 1. The molecule has 1 aromatic carbocycles. The van der Waals surface area contributed by atoms with Crippen LogP contribution in [0.3, 0.4) is 0 Å². The smallest absolute Gasteiger partial charge is 0.325 e. The number of methoxy groups -OCH3 is 1. The maximum atomic E-state index is 11.7. The fourth-order valence-electron chi connectivity index (χ4n) is 1.88. The summed E-state index contributed by atoms with van der Waals surface area (Å²) in [5.41, 5.74) is 0.852. The first kappa shape index (κ1) is 18.1. The van der Waals surface area contributed by atoms with Gasteiger partial charge in [0.1, 0.15) is 12.3 Å². The molecule has 0 radical (unpaired) electrons. The summed E-state index contributed by atoms with van der Waals surface area (Å²) in [6.45, 7) is -0.509. The SMILES string of the molecule is COc1cccc(CNC(=O)COC(=O)CNC(=O)c2ccco2)c1. The normalized spacial score (nSPS) is 9.96. The molecule has 8 heteroatoms. The van der Waals surface area contributed by atoms with Crippen molar-refractivity contribution in [2.24, 2.45) is 0 Å². The van der Waals surface area contributed by atoms with E-state index in [2.05, 4.69) is 10.6 Å². The Labute approximate surface area is 144 Å². The van der Waals surface area contributed by atoms with Gasteiger partial charge < -0.3 is 24.5 Å². The quantitative estimate of drug-likeness (QED) is 0.687. The van der Waals surface area contributed by atoms with E-state index in [9.17, 15) is 14.4 Å². The number of carbonyl (C=O) groups is 3. The van der Waals surface area contributed by atoms with Crippen molar-refractivity contribution in [3.63, 3.8) is 0 Å². The largest absolute Gasteiger partial charge is 0.497 e. The fourth-order valence-corrected chi connectivity index (χ4v) is 1.88. The second-order valence-electron chi connectivity index (χ2n) is 4.95. The average molecular weight is 346 g/mol. The van der Waals surface area contributed by atoms with Crippen molar-refractivity contribution in [1.29, 1.82) is 0 Å². The van der Waals surface area contributed by atoms with Gasteiger partial charge in [0.15, 0.2) is 12.4 Å². The van der Waals surface area contributed by atoms with Crippen molar-refractivity contribution >= 4 is 17.8 Å². The number of hydrogen-bond acceptors (Lipinski definition) is 6. The Morgan fingerprint density at radius 1 is 1.12 bits per heavy atom. The van der Waals surface area contributed by atoms with Crippen LogP contribution in [-0.2, 0) is 20.9 Å². The number of nitrogens with one attached hydrogen (secondary N) is 2. The molecule has 8 nitrogen and oxygen atoms in total. The van der Waals surface area contributed by atoms with Gasteiger partial charge in [-0.2, -0.15) is 0 Å². The third kappa shape index (κ3) is 6.02. The Bertz CT molecular complexity index is 726. The third-order valence-electron chi connectivity index (χ3n) is 3.13. The molecule has 0 atom stereocenters. The average Bonchev–Trinajstić information content (AvgIpc) is 3.17. The highest BCUT2D eigenvalue weighted by atomic mass is 16.5. The maximum Gasteiger partial charge on any atom is 0.325 e. The monoisotopic (exact) mass is 346 g/mol. The predicted octanol–water partition coefficient (Wildman–Crippen LogP) is 0.878. The van der Waals surface area contributed by atoms with E-state index < -0.39 is 24.4 Å². The van der Waals surface area contributed by atoms with E-state index in [0.717, 1.165) is 5.56 Å². The molecular weight excluding hydrogens is 328 g/mol. The minimum atomic E-state index is -0.726. The molecule has 0 aliphatic carbocycles. The van der Waals surface area contributed by atoms with Crippen LogP contribution >= 0.6 is 0 Å². The van der Waals surface area contributed by atoms with Gasteiger partial charge >= 0.3 is 5.97 Å². The standard InChI is InChI=1S/C17H18N2O6/c1-23-13-5-2-4-12(8-13)9-18-15(20)11-25-16(21)10-19-17(22)14-6-3-7-24-14/h2-8H,9-11H2,1H3,(H,18,20)(H,19,22). The zero-order valence-corrected chi connectivity index (χ0v) is 13.6. The van der Waals surface area contributed by atoms with Crippen LogP contribution in [0.15, 0.2) is 47.1 Å². The van der Waals surface area contributed by atoms with E-state index in [-0.39, 0.29) is 18.8 Å². The lowest BCUT2D eigenvalue weighted by Crippen LogP contribution is -2.33. The van der Waals surface area contributed by atoms with Crippen molar-refractivity contribution in [1.82, 2.24) is 10.6 Å². The highest BCUT2D eigenvalue weighted by Crippen LogP contribution is 2.11. The van der Waals surface area contributed by atoms with Gasteiger partial charge in [0, 0.05) is 6.54 Å². The molecule has 0 aliphatic rings. The van der Waals surface area contributed by atoms with Crippen molar-refractivity contribution in [2.45, 2.75) is 6.54 Å². The number of rotatable bonds is 8. The summed E-state index contributed by atoms with van der Waals surface area (Å²) in [4.78, 5) is 34.8. The van der Waals surface area contributed by atoms with Gasteiger partial charge in [0.2, 0.25) is 0 Å². The summed E-state index contributed by atoms with van der Waals surface area (Å²) >= 11 is 0. The van der Waals surface area contributed by atoms with Crippen LogP contribution < -0.4 is 15.4 Å². The van der Waals surface area contributed by atoms with Crippen molar-refractivity contribution in [3.8, 4) is 5.75 Å². The second-order valence-corrected chi connectivity index (χ2v) is 4.95. The Balaban J connectivity index is 1.65. The molecule has 25 heavy (non-hydrogen) atoms. The van der Waals surface area contributed by atoms with Gasteiger partial charge in [0.25, 0.3) is 11.8 Å². The number of ether oxygens (including phenoxy) is 2. The molecule has 0 spiro atoms. The molecule has 2 aromatic rings. The summed E-state index contributed by atoms with van der Waals surface area (Å²) in [7, 11) is 1.56. The molecule has 0 fully saturated rings. The van der Waals surface area contributed by atoms with E-state index in [1.165, 1.54) is 12.3 Å². The Hall–Kier alpha value is -3.29. The molecule has 1 aromatic heterocycles. The summed E-state index contributed by atoms with van der Waals surface area (Å²) in [6, 6.07) is 10.2. The molecule has 1 heterocycles. The summed E-state index contributed by atoms with van der Waals surface area (Å²) in [6.07, 6.45) is 1.35. The van der Waals surface area contributed by atoms with E-state index in [1.54, 1.807) is 25.3 Å². The zero-order chi connectivity index (χ0) is 18.1. The first-order valence-electron chi connectivity index (χ1n) is 7.45. The minimum Gasteiger partial charge on any atom is -0.497 e. The number of hydrogen-bond donors (Lipinski definition) is 2. The van der Waals surface area contributed by atoms with E-state index in [1.807, 2.05) is 12.1 Å². The summed E-state index contributed by atoms with van der Waals surface area (Å²) < 4.78 is 14.8. The Kier molecular flexibility index (Phi) is 6.58. The van der Waals surface area contributed by atoms with Gasteiger partial charge in [0.05, 0.1) is 13.4 Å². The van der Waals surface area contributed by atoms with Gasteiger partial charge in [-0.25, -0.2) is 0 Å². The molecule has 2 rings (SSSR count). The Morgan fingerprint density at radius 3 is 2.68 bits per heavy atom. The lowest BCUT2D eigenvalue weighted by Gasteiger charge is -2.08. The molecular formula is C17H18N2O6. The minimum absolute atomic E-state index is 0.0869. The van der Waals surface area contributed by atoms with Crippen molar-refractivity contribution in [3.05, 3.63) is 54.0 Å². The van der Waals surface area contributed by atoms with Crippen LogP contribution in [0, 0.1) is 0 Å². The highest BCUT2D eigenvalue weighted by molar-refractivity contribution is 5.93. The predicted molar refractivity (Wildman–Crippen MR) is 86.8 cm³/mol. The first-order chi connectivity index (χ1) is 12.1. The van der Waals surface area contributed by atoms with E-state index in [4.69, 9.17) is 13.9 Å². The van der Waals surface area contributed by atoms with Gasteiger partial charge in [-0.3, -0.25) is 14.4 Å². The van der Waals surface area contributed by atoms with Gasteiger partial charge in [-0.15, -0.1) is 0 Å². The highest BCUT2D eigenvalue weighted by Gasteiger charge is 2.12. The molecule has 0 saturated heterocycles. The Morgan fingerprint density at radius 2 is 1.96 bits per heavy atom. The zero-order valence-electron chi connectivity index (χ0n) is 13.6. The summed E-state index contributed by atoms with van der Waals surface area (Å²) in [5.74, 6) is -0.941. The first-order valence-corrected chi connectivity index (χ1v) is 7.45. The summed E-state index contributed by atoms with van der Waals surface area (Å²) in [5, 5.41) is 4.95. The fraction of sp³-hybridized carbons (Fsp3) is 0.235. The van der Waals surface area contributed by atoms with Crippen LogP contribution in [0.2, 0.25) is 0 Å². The third-order valence-corrected chi connectivity index (χ3v) is 3.13. The molecule has 0 bridgehead atoms. The lowest BCUT2D eigenvalue weighted by atomic mass is 10.2. The van der Waals surface area contributed by atoms with Crippen LogP contribution in [0.4, 0.5) is 0 Å². The maximum absolute atomic E-state index is 11.7. The second kappa shape index (κ2) is 9.11. The molecule has 2 amide bonds. The molecule has 0 saturated carbocycles. The van der Waals surface area contributed by atoms with Gasteiger partial charge in [-0.1, -0.05) is 12.1 Å². The van der Waals surface area contributed by atoms with E-state index in [0.29, 0.717) is 5.75 Å². The number of benzene rings is 1. The molecule has 0 unspecified atom stereocenters. The number of amides is 2. The van der Waals surface area contributed by atoms with Crippen LogP contribution in [0.25, 0.3) is 0 Å². The van der Waals surface area contributed by atoms with Crippen molar-refractivity contribution < 1.29 is 28.3 Å². The van der Waals surface area contributed by atoms with E-state index >= 15 is 0 Å². The number of furan rings is 1. The number of carbonyl (C=O) groups excluding carboxylic acids is 3. The molecule has 0 aliphatic heterocycles. The lowest BCUT2D eigenvalue weighted by molar-refractivity contribution is -0.147. The van der Waals surface area contributed by atoms with Crippen LogP contribution in [-0.4, -0.2) is 38.0 Å². The van der Waals surface area contributed by atoms with Crippen LogP contribution in [0.5, 0.6) is 5.75 Å². The molecule has 132 valence electrons. The topological polar surface area (TPSA) is 107 Å². The van der Waals surface area contributed by atoms with Crippen molar-refractivity contribution in [2.75, 3.05) is 20.3 Å². The van der Waals surface area contributed by atoms with Crippen LogP contribution in [0.1, 0.15) is 16.1 Å². The molecule has 2 N–H and O–H groups in total.